The molecule has 1 N–H and O–H groups in total. The van der Waals surface area contributed by atoms with E-state index in [2.05, 4.69) is 15.3 Å². The Morgan fingerprint density at radius 2 is 1.89 bits per heavy atom. The minimum atomic E-state index is -0.218. The maximum Gasteiger partial charge on any atom is 0.255 e. The van der Waals surface area contributed by atoms with Gasteiger partial charge in [0.05, 0.1) is 34.7 Å². The highest BCUT2D eigenvalue weighted by atomic mass is 32.1. The quantitative estimate of drug-likeness (QED) is 0.544. The number of hydrogen-bond donors (Lipinski definition) is 1. The third-order valence-electron chi connectivity index (χ3n) is 3.87. The maximum absolute atomic E-state index is 12.4. The molecular formula is C20H15N3O3S. The van der Waals surface area contributed by atoms with Crippen LogP contribution < -0.4 is 14.8 Å². The van der Waals surface area contributed by atoms with Crippen LogP contribution in [0.25, 0.3) is 10.2 Å². The maximum atomic E-state index is 12.4. The lowest BCUT2D eigenvalue weighted by molar-refractivity contribution is 0.102. The lowest BCUT2D eigenvalue weighted by atomic mass is 10.2. The molecule has 0 aliphatic carbocycles. The molecule has 6 nitrogen and oxygen atoms in total. The summed E-state index contributed by atoms with van der Waals surface area (Å²) in [6.45, 7) is 0. The van der Waals surface area contributed by atoms with Crippen molar-refractivity contribution in [3.63, 3.8) is 0 Å². The molecule has 2 aromatic heterocycles. The second-order valence-corrected chi connectivity index (χ2v) is 6.51. The Morgan fingerprint density at radius 3 is 2.67 bits per heavy atom. The van der Waals surface area contributed by atoms with E-state index in [0.717, 1.165) is 10.2 Å². The highest BCUT2D eigenvalue weighted by Crippen LogP contribution is 2.30. The summed E-state index contributed by atoms with van der Waals surface area (Å²) in [5.74, 6) is 1.38. The molecule has 0 saturated heterocycles. The lowest BCUT2D eigenvalue weighted by Gasteiger charge is -2.10. The first-order valence-corrected chi connectivity index (χ1v) is 9.02. The molecule has 4 rings (SSSR count). The zero-order valence-electron chi connectivity index (χ0n) is 14.4. The molecule has 27 heavy (non-hydrogen) atoms. The Labute approximate surface area is 159 Å². The molecule has 2 aromatic carbocycles. The predicted molar refractivity (Wildman–Crippen MR) is 105 cm³/mol. The Morgan fingerprint density at radius 1 is 1.04 bits per heavy atom. The lowest BCUT2D eigenvalue weighted by Crippen LogP contribution is -2.11. The van der Waals surface area contributed by atoms with Gasteiger partial charge >= 0.3 is 0 Å². The van der Waals surface area contributed by atoms with Crippen LogP contribution in [0.2, 0.25) is 0 Å². The van der Waals surface area contributed by atoms with Crippen molar-refractivity contribution in [1.82, 2.24) is 9.97 Å². The van der Waals surface area contributed by atoms with E-state index in [9.17, 15) is 4.79 Å². The molecular weight excluding hydrogens is 362 g/mol. The number of nitrogens with one attached hydrogen (secondary N) is 1. The molecule has 0 spiro atoms. The first-order chi connectivity index (χ1) is 13.2. The predicted octanol–water partition coefficient (Wildman–Crippen LogP) is 4.74. The summed E-state index contributed by atoms with van der Waals surface area (Å²) < 4.78 is 12.0. The van der Waals surface area contributed by atoms with Gasteiger partial charge in [-0.25, -0.2) is 9.97 Å². The van der Waals surface area contributed by atoms with Crippen LogP contribution in [0.15, 0.2) is 66.3 Å². The van der Waals surface area contributed by atoms with Crippen LogP contribution in [0.4, 0.5) is 5.69 Å². The molecule has 0 saturated carbocycles. The Hall–Kier alpha value is -3.45. The number of aromatic nitrogens is 2. The zero-order chi connectivity index (χ0) is 18.6. The SMILES string of the molecule is COc1ccccc1Oc1ccc(NC(=O)c2ccc3scnc3c2)cn1. The number of carbonyl (C=O) groups is 1. The zero-order valence-corrected chi connectivity index (χ0v) is 15.2. The van der Waals surface area contributed by atoms with Crippen molar-refractivity contribution in [3.05, 3.63) is 71.9 Å². The van der Waals surface area contributed by atoms with E-state index in [1.54, 1.807) is 60.5 Å². The number of anilines is 1. The van der Waals surface area contributed by atoms with Crippen molar-refractivity contribution in [2.45, 2.75) is 0 Å². The summed E-state index contributed by atoms with van der Waals surface area (Å²) in [5, 5.41) is 2.82. The van der Waals surface area contributed by atoms with Crippen LogP contribution in [-0.4, -0.2) is 23.0 Å². The van der Waals surface area contributed by atoms with Crippen molar-refractivity contribution in [2.75, 3.05) is 12.4 Å². The number of nitrogens with zero attached hydrogens (tertiary/aromatic N) is 2. The highest BCUT2D eigenvalue weighted by molar-refractivity contribution is 7.16. The summed E-state index contributed by atoms with van der Waals surface area (Å²) >= 11 is 1.54. The molecule has 0 aliphatic rings. The topological polar surface area (TPSA) is 73.3 Å². The van der Waals surface area contributed by atoms with Crippen LogP contribution >= 0.6 is 11.3 Å². The van der Waals surface area contributed by atoms with Crippen LogP contribution in [0.1, 0.15) is 10.4 Å². The van der Waals surface area contributed by atoms with Gasteiger partial charge in [-0.3, -0.25) is 4.79 Å². The smallest absolute Gasteiger partial charge is 0.255 e. The monoisotopic (exact) mass is 377 g/mol. The second kappa shape index (κ2) is 7.43. The summed E-state index contributed by atoms with van der Waals surface area (Å²) in [7, 11) is 1.58. The molecule has 0 aliphatic heterocycles. The van der Waals surface area contributed by atoms with Gasteiger partial charge in [-0.2, -0.15) is 0 Å². The number of pyridine rings is 1. The minimum absolute atomic E-state index is 0.218. The van der Waals surface area contributed by atoms with Gasteiger partial charge in [0.25, 0.3) is 5.91 Å². The number of hydrogen-bond acceptors (Lipinski definition) is 6. The Bertz CT molecular complexity index is 1090. The number of methoxy groups -OCH3 is 1. The van der Waals surface area contributed by atoms with Gasteiger partial charge in [0.15, 0.2) is 11.5 Å². The van der Waals surface area contributed by atoms with Gasteiger partial charge in [0, 0.05) is 11.6 Å². The third-order valence-corrected chi connectivity index (χ3v) is 4.68. The largest absolute Gasteiger partial charge is 0.493 e. The normalized spacial score (nSPS) is 10.6. The number of carbonyl (C=O) groups excluding carboxylic acids is 1. The van der Waals surface area contributed by atoms with E-state index < -0.39 is 0 Å². The van der Waals surface area contributed by atoms with E-state index in [-0.39, 0.29) is 5.91 Å². The number of para-hydroxylation sites is 2. The summed E-state index contributed by atoms with van der Waals surface area (Å²) in [4.78, 5) is 20.9. The van der Waals surface area contributed by atoms with Crippen molar-refractivity contribution in [2.24, 2.45) is 0 Å². The highest BCUT2D eigenvalue weighted by Gasteiger charge is 2.09. The number of thiazole rings is 1. The summed E-state index contributed by atoms with van der Waals surface area (Å²) in [6, 6.07) is 16.2. The van der Waals surface area contributed by atoms with Crippen molar-refractivity contribution >= 4 is 33.1 Å². The molecule has 0 bridgehead atoms. The molecule has 0 fully saturated rings. The summed E-state index contributed by atoms with van der Waals surface area (Å²) in [6.07, 6.45) is 1.55. The van der Waals surface area contributed by atoms with Crippen molar-refractivity contribution in [3.8, 4) is 17.4 Å². The Kier molecular flexibility index (Phi) is 4.67. The molecule has 134 valence electrons. The number of ether oxygens (including phenoxy) is 2. The number of amides is 1. The summed E-state index contributed by atoms with van der Waals surface area (Å²) in [5.41, 5.74) is 3.69. The molecule has 0 radical (unpaired) electrons. The molecule has 0 unspecified atom stereocenters. The fraction of sp³-hybridized carbons (Fsp3) is 0.0500. The van der Waals surface area contributed by atoms with E-state index in [1.807, 2.05) is 24.3 Å². The fourth-order valence-electron chi connectivity index (χ4n) is 2.53. The van der Waals surface area contributed by atoms with Crippen LogP contribution in [0.3, 0.4) is 0 Å². The standard InChI is InChI=1S/C20H15N3O3S/c1-25-16-4-2-3-5-17(16)26-19-9-7-14(11-21-19)23-20(24)13-6-8-18-15(10-13)22-12-27-18/h2-12H,1H3,(H,23,24). The van der Waals surface area contributed by atoms with Crippen molar-refractivity contribution < 1.29 is 14.3 Å². The molecule has 7 heteroatoms. The van der Waals surface area contributed by atoms with Crippen LogP contribution in [0.5, 0.6) is 17.4 Å². The number of benzene rings is 2. The minimum Gasteiger partial charge on any atom is -0.493 e. The van der Waals surface area contributed by atoms with Crippen LogP contribution in [-0.2, 0) is 0 Å². The van der Waals surface area contributed by atoms with Crippen LogP contribution in [0, 0.1) is 0 Å². The molecule has 0 atom stereocenters. The fourth-order valence-corrected chi connectivity index (χ4v) is 3.19. The van der Waals surface area contributed by atoms with E-state index in [1.165, 1.54) is 0 Å². The van der Waals surface area contributed by atoms with Gasteiger partial charge in [-0.1, -0.05) is 12.1 Å². The van der Waals surface area contributed by atoms with E-state index in [4.69, 9.17) is 9.47 Å². The Balaban J connectivity index is 1.46. The third kappa shape index (κ3) is 3.73. The number of rotatable bonds is 5. The number of fused-ring (bicyclic) bond motifs is 1. The van der Waals surface area contributed by atoms with Crippen molar-refractivity contribution in [1.29, 1.82) is 0 Å². The van der Waals surface area contributed by atoms with Gasteiger partial charge in [0.1, 0.15) is 0 Å². The van der Waals surface area contributed by atoms with Gasteiger partial charge in [-0.05, 0) is 36.4 Å². The molecule has 4 aromatic rings. The second-order valence-electron chi connectivity index (χ2n) is 5.63. The van der Waals surface area contributed by atoms with Gasteiger partial charge in [0.2, 0.25) is 5.88 Å². The molecule has 1 amide bonds. The average Bonchev–Trinajstić information content (AvgIpc) is 3.17. The first-order valence-electron chi connectivity index (χ1n) is 8.14. The van der Waals surface area contributed by atoms with Gasteiger partial charge < -0.3 is 14.8 Å². The first kappa shape index (κ1) is 17.0. The van der Waals surface area contributed by atoms with E-state index in [0.29, 0.717) is 28.6 Å². The molecule has 2 heterocycles. The average molecular weight is 377 g/mol. The van der Waals surface area contributed by atoms with E-state index >= 15 is 0 Å². The van der Waals surface area contributed by atoms with Gasteiger partial charge in [-0.15, -0.1) is 11.3 Å².